The molecule has 2 aromatic rings. The van der Waals surface area contributed by atoms with Gasteiger partial charge in [-0.2, -0.15) is 5.10 Å². The number of carboxylic acid groups (broad SMARTS) is 1. The molecule has 22 heavy (non-hydrogen) atoms. The van der Waals surface area contributed by atoms with Gasteiger partial charge in [0.05, 0.1) is 0 Å². The minimum absolute atomic E-state index is 0.00436. The van der Waals surface area contributed by atoms with Gasteiger partial charge in [0.25, 0.3) is 0 Å². The van der Waals surface area contributed by atoms with Gasteiger partial charge in [-0.25, -0.2) is 9.78 Å². The van der Waals surface area contributed by atoms with E-state index in [0.717, 1.165) is 30.8 Å². The molecule has 2 aromatic heterocycles. The number of H-pyrrole nitrogens is 2. The molecular weight excluding hydrogens is 286 g/mol. The highest BCUT2D eigenvalue weighted by molar-refractivity contribution is 5.98. The van der Waals surface area contributed by atoms with Crippen LogP contribution >= 0.6 is 0 Å². The van der Waals surface area contributed by atoms with E-state index >= 15 is 0 Å². The van der Waals surface area contributed by atoms with Crippen LogP contribution in [0.1, 0.15) is 59.7 Å². The molecule has 0 saturated heterocycles. The number of unbranched alkanes of at least 4 members (excludes halogenated alkanes) is 1. The second-order valence-electron chi connectivity index (χ2n) is 5.36. The summed E-state index contributed by atoms with van der Waals surface area (Å²) in [5.74, 6) is -0.532. The van der Waals surface area contributed by atoms with Gasteiger partial charge in [0.15, 0.2) is 5.82 Å². The zero-order chi connectivity index (χ0) is 15.7. The third kappa shape index (κ3) is 2.47. The number of nitrogens with one attached hydrogen (secondary N) is 3. The lowest BCUT2D eigenvalue weighted by Crippen LogP contribution is -2.24. The zero-order valence-electron chi connectivity index (χ0n) is 12.1. The van der Waals surface area contributed by atoms with Crippen LogP contribution in [0.4, 0.5) is 5.82 Å². The second kappa shape index (κ2) is 5.63. The minimum atomic E-state index is -1.10. The van der Waals surface area contributed by atoms with Crippen LogP contribution in [0.2, 0.25) is 0 Å². The van der Waals surface area contributed by atoms with Crippen LogP contribution in [-0.2, 0) is 11.2 Å². The Hall–Kier alpha value is -2.64. The molecular formula is C14H17N5O3. The quantitative estimate of drug-likeness (QED) is 0.668. The maximum Gasteiger partial charge on any atom is 0.354 e. The molecule has 0 radical (unpaired) electrons. The molecule has 3 heterocycles. The number of fused-ring (bicyclic) bond motifs is 1. The first-order valence-electron chi connectivity index (χ1n) is 7.25. The summed E-state index contributed by atoms with van der Waals surface area (Å²) in [6, 6.07) is 0. The largest absolute Gasteiger partial charge is 0.477 e. The van der Waals surface area contributed by atoms with Crippen LogP contribution in [0.25, 0.3) is 0 Å². The number of aromatic nitrogens is 4. The van der Waals surface area contributed by atoms with E-state index in [1.54, 1.807) is 6.20 Å². The molecule has 0 aliphatic carbocycles. The van der Waals surface area contributed by atoms with Crippen molar-refractivity contribution in [3.8, 4) is 0 Å². The van der Waals surface area contributed by atoms with Gasteiger partial charge in [0.1, 0.15) is 11.5 Å². The SMILES string of the molecule is CCCCc1ncc([C@H]2CC(=O)Nc3n[nH]c(C(=O)O)c32)[nH]1. The maximum absolute atomic E-state index is 11.8. The van der Waals surface area contributed by atoms with Crippen molar-refractivity contribution in [2.24, 2.45) is 0 Å². The van der Waals surface area contributed by atoms with Crippen LogP contribution in [0.5, 0.6) is 0 Å². The number of aromatic amines is 2. The molecule has 1 aliphatic heterocycles. The van der Waals surface area contributed by atoms with E-state index in [1.165, 1.54) is 0 Å². The van der Waals surface area contributed by atoms with E-state index in [9.17, 15) is 14.7 Å². The molecule has 0 spiro atoms. The highest BCUT2D eigenvalue weighted by Crippen LogP contribution is 2.37. The fourth-order valence-electron chi connectivity index (χ4n) is 2.71. The Labute approximate surface area is 126 Å². The van der Waals surface area contributed by atoms with Crippen LogP contribution in [0.15, 0.2) is 6.20 Å². The molecule has 0 unspecified atom stereocenters. The lowest BCUT2D eigenvalue weighted by atomic mass is 9.89. The minimum Gasteiger partial charge on any atom is -0.477 e. The Morgan fingerprint density at radius 3 is 3.05 bits per heavy atom. The molecule has 4 N–H and O–H groups in total. The Morgan fingerprint density at radius 2 is 2.32 bits per heavy atom. The molecule has 8 nitrogen and oxygen atoms in total. The van der Waals surface area contributed by atoms with Gasteiger partial charge in [-0.05, 0) is 6.42 Å². The van der Waals surface area contributed by atoms with E-state index in [2.05, 4.69) is 32.4 Å². The Kier molecular flexibility index (Phi) is 3.66. The van der Waals surface area contributed by atoms with Crippen molar-refractivity contribution < 1.29 is 14.7 Å². The number of carbonyl (C=O) groups is 2. The molecule has 1 amide bonds. The summed E-state index contributed by atoms with van der Waals surface area (Å²) < 4.78 is 0. The van der Waals surface area contributed by atoms with Crippen molar-refractivity contribution in [1.82, 2.24) is 20.2 Å². The molecule has 1 atom stereocenters. The van der Waals surface area contributed by atoms with E-state index in [1.807, 2.05) is 0 Å². The standard InChI is InChI=1S/C14H17N5O3/c1-2-3-4-9-15-6-8(16-9)7-5-10(20)17-13-11(7)12(14(21)22)18-19-13/h6-7H,2-5H2,1H3,(H,15,16)(H,21,22)(H2,17,18,19,20)/t7-/m1/s1. The highest BCUT2D eigenvalue weighted by atomic mass is 16.4. The number of carboxylic acids is 1. The first-order chi connectivity index (χ1) is 10.6. The van der Waals surface area contributed by atoms with Crippen LogP contribution < -0.4 is 5.32 Å². The number of aryl methyl sites for hydroxylation is 1. The summed E-state index contributed by atoms with van der Waals surface area (Å²) in [7, 11) is 0. The van der Waals surface area contributed by atoms with Gasteiger partial charge in [-0.3, -0.25) is 9.89 Å². The Morgan fingerprint density at radius 1 is 1.50 bits per heavy atom. The lowest BCUT2D eigenvalue weighted by molar-refractivity contribution is -0.116. The van der Waals surface area contributed by atoms with Crippen LogP contribution in [0.3, 0.4) is 0 Å². The highest BCUT2D eigenvalue weighted by Gasteiger charge is 2.34. The van der Waals surface area contributed by atoms with Crippen molar-refractivity contribution >= 4 is 17.7 Å². The van der Waals surface area contributed by atoms with Crippen LogP contribution in [-0.4, -0.2) is 37.1 Å². The fourth-order valence-corrected chi connectivity index (χ4v) is 2.71. The third-order valence-electron chi connectivity index (χ3n) is 3.80. The van der Waals surface area contributed by atoms with Crippen molar-refractivity contribution in [2.45, 2.75) is 38.5 Å². The summed E-state index contributed by atoms with van der Waals surface area (Å²) in [4.78, 5) is 30.7. The number of hydrogen-bond acceptors (Lipinski definition) is 4. The van der Waals surface area contributed by atoms with Gasteiger partial charge in [0, 0.05) is 36.2 Å². The van der Waals surface area contributed by atoms with Gasteiger partial charge >= 0.3 is 5.97 Å². The van der Waals surface area contributed by atoms with E-state index in [4.69, 9.17) is 0 Å². The van der Waals surface area contributed by atoms with E-state index < -0.39 is 5.97 Å². The normalized spacial score (nSPS) is 17.1. The molecule has 116 valence electrons. The number of rotatable bonds is 5. The second-order valence-corrected chi connectivity index (χ2v) is 5.36. The van der Waals surface area contributed by atoms with Crippen molar-refractivity contribution in [2.75, 3.05) is 5.32 Å². The van der Waals surface area contributed by atoms with Gasteiger partial charge in [-0.15, -0.1) is 0 Å². The topological polar surface area (TPSA) is 124 Å². The van der Waals surface area contributed by atoms with Crippen molar-refractivity contribution in [3.05, 3.63) is 29.0 Å². The molecule has 0 bridgehead atoms. The maximum atomic E-state index is 11.8. The molecule has 0 saturated carbocycles. The van der Waals surface area contributed by atoms with Crippen LogP contribution in [0, 0.1) is 0 Å². The third-order valence-corrected chi connectivity index (χ3v) is 3.80. The average Bonchev–Trinajstić information content (AvgIpc) is 3.10. The number of carbonyl (C=O) groups excluding carboxylic acids is 1. The predicted molar refractivity (Wildman–Crippen MR) is 77.8 cm³/mol. The summed E-state index contributed by atoms with van der Waals surface area (Å²) >= 11 is 0. The number of anilines is 1. The number of nitrogens with zero attached hydrogens (tertiary/aromatic N) is 2. The first kappa shape index (κ1) is 14.3. The fraction of sp³-hybridized carbons (Fsp3) is 0.429. The molecule has 0 fully saturated rings. The molecule has 0 aromatic carbocycles. The summed E-state index contributed by atoms with van der Waals surface area (Å²) in [6.07, 6.45) is 4.77. The van der Waals surface area contributed by atoms with E-state index in [-0.39, 0.29) is 29.8 Å². The summed E-state index contributed by atoms with van der Waals surface area (Å²) in [6.45, 7) is 2.10. The number of amides is 1. The predicted octanol–water partition coefficient (Wildman–Crippen LogP) is 1.65. The first-order valence-corrected chi connectivity index (χ1v) is 7.25. The number of aromatic carboxylic acids is 1. The number of imidazole rings is 1. The Bertz CT molecular complexity index is 718. The van der Waals surface area contributed by atoms with E-state index in [0.29, 0.717) is 5.56 Å². The average molecular weight is 303 g/mol. The van der Waals surface area contributed by atoms with Gasteiger partial charge in [-0.1, -0.05) is 13.3 Å². The summed E-state index contributed by atoms with van der Waals surface area (Å²) in [5.41, 5.74) is 1.24. The Balaban J connectivity index is 1.97. The van der Waals surface area contributed by atoms with Crippen molar-refractivity contribution in [3.63, 3.8) is 0 Å². The zero-order valence-corrected chi connectivity index (χ0v) is 12.1. The van der Waals surface area contributed by atoms with Crippen molar-refractivity contribution in [1.29, 1.82) is 0 Å². The lowest BCUT2D eigenvalue weighted by Gasteiger charge is -2.21. The monoisotopic (exact) mass is 303 g/mol. The molecule has 1 aliphatic rings. The van der Waals surface area contributed by atoms with Gasteiger partial charge in [0.2, 0.25) is 5.91 Å². The van der Waals surface area contributed by atoms with Gasteiger partial charge < -0.3 is 15.4 Å². The molecule has 3 rings (SSSR count). The number of hydrogen-bond donors (Lipinski definition) is 4. The summed E-state index contributed by atoms with van der Waals surface area (Å²) in [5, 5.41) is 18.2. The molecule has 8 heteroatoms. The smallest absolute Gasteiger partial charge is 0.354 e.